The molecule has 0 aromatic carbocycles. The largest absolute Gasteiger partial charge is 0.477 e. The van der Waals surface area contributed by atoms with E-state index < -0.39 is 18.0 Å². The minimum Gasteiger partial charge on any atom is -0.477 e. The number of hydrogen-bond donors (Lipinski definition) is 4. The van der Waals surface area contributed by atoms with E-state index in [0.717, 1.165) is 19.5 Å². The number of carbonyl (C=O) groups excluding carboxylic acids is 2. The van der Waals surface area contributed by atoms with E-state index in [2.05, 4.69) is 5.32 Å². The molecule has 0 aromatic heterocycles. The number of carbonyl (C=O) groups is 3. The van der Waals surface area contributed by atoms with Gasteiger partial charge in [0.1, 0.15) is 5.70 Å². The molecule has 0 radical (unpaired) electrons. The zero-order valence-corrected chi connectivity index (χ0v) is 20.0. The number of β-lactam (4-membered cyclic amide) rings is 1. The van der Waals surface area contributed by atoms with Crippen LogP contribution in [0, 0.1) is 23.2 Å². The van der Waals surface area contributed by atoms with Crippen molar-refractivity contribution < 1.29 is 24.6 Å². The van der Waals surface area contributed by atoms with Crippen LogP contribution < -0.4 is 5.32 Å². The highest BCUT2D eigenvalue weighted by Crippen LogP contribution is 2.51. The van der Waals surface area contributed by atoms with Gasteiger partial charge < -0.3 is 30.2 Å². The van der Waals surface area contributed by atoms with Crippen LogP contribution in [0.15, 0.2) is 10.6 Å². The number of hydrogen-bond acceptors (Lipinski definition) is 7. The standard InChI is InChI=1S/C22H33N5O5S/c1-11-17-16(12(2)28)21(30)27(17)18(22(31)32)19(11)33-14-6-15(24-7-14)20(29)26-5-4-13(9-26)8-25(3)10-23/h10-17,23-24,28H,4-9H2,1-3H3,(H,31,32)/t11?,12-,13-,14+,15?,16?,17?/m1/s1. The average molecular weight is 480 g/mol. The number of carboxylic acid groups (broad SMARTS) is 1. The van der Waals surface area contributed by atoms with Crippen LogP contribution in [0.1, 0.15) is 26.7 Å². The van der Waals surface area contributed by atoms with Crippen molar-refractivity contribution in [3.05, 3.63) is 10.6 Å². The van der Waals surface area contributed by atoms with Gasteiger partial charge in [0.2, 0.25) is 11.8 Å². The van der Waals surface area contributed by atoms with Gasteiger partial charge in [0.25, 0.3) is 0 Å². The molecule has 3 fully saturated rings. The van der Waals surface area contributed by atoms with E-state index in [1.165, 1.54) is 23.0 Å². The van der Waals surface area contributed by atoms with Crippen molar-refractivity contribution in [3.8, 4) is 0 Å². The second kappa shape index (κ2) is 9.27. The van der Waals surface area contributed by atoms with Gasteiger partial charge in [-0.2, -0.15) is 0 Å². The van der Waals surface area contributed by atoms with Crippen LogP contribution >= 0.6 is 11.8 Å². The maximum Gasteiger partial charge on any atom is 0.353 e. The summed E-state index contributed by atoms with van der Waals surface area (Å²) < 4.78 is 0. The third kappa shape index (κ3) is 4.26. The summed E-state index contributed by atoms with van der Waals surface area (Å²) in [7, 11) is 1.86. The van der Waals surface area contributed by atoms with Gasteiger partial charge in [-0.15, -0.1) is 11.8 Å². The van der Waals surface area contributed by atoms with Crippen LogP contribution in [-0.2, 0) is 14.4 Å². The van der Waals surface area contributed by atoms with E-state index in [0.29, 0.717) is 30.3 Å². The topological polar surface area (TPSA) is 137 Å². The van der Waals surface area contributed by atoms with E-state index in [4.69, 9.17) is 5.41 Å². The van der Waals surface area contributed by atoms with Gasteiger partial charge in [-0.25, -0.2) is 4.79 Å². The second-order valence-electron chi connectivity index (χ2n) is 9.72. The molecule has 0 saturated carbocycles. The van der Waals surface area contributed by atoms with Crippen molar-refractivity contribution in [2.45, 2.75) is 50.1 Å². The maximum atomic E-state index is 13.1. The summed E-state index contributed by atoms with van der Waals surface area (Å²) in [5.41, 5.74) is 0.0341. The van der Waals surface area contributed by atoms with Crippen LogP contribution in [0.3, 0.4) is 0 Å². The SMILES string of the molecule is CC1C(S[C@@H]2CNC(C(=O)N3CC[C@H](CN(C)C=N)C3)C2)=C(C(=O)O)N2C(=O)C([C@@H](C)O)C12. The Morgan fingerprint density at radius 1 is 1.42 bits per heavy atom. The van der Waals surface area contributed by atoms with Crippen molar-refractivity contribution >= 4 is 35.9 Å². The lowest BCUT2D eigenvalue weighted by Crippen LogP contribution is -2.63. The number of likely N-dealkylation sites (tertiary alicyclic amines) is 1. The van der Waals surface area contributed by atoms with Crippen molar-refractivity contribution in [1.29, 1.82) is 5.41 Å². The molecule has 3 saturated heterocycles. The van der Waals surface area contributed by atoms with Gasteiger partial charge in [0.05, 0.1) is 30.4 Å². The normalized spacial score (nSPS) is 34.4. The summed E-state index contributed by atoms with van der Waals surface area (Å²) in [6.45, 7) is 6.25. The van der Waals surface area contributed by atoms with Gasteiger partial charge in [-0.3, -0.25) is 15.0 Å². The molecule has 0 aromatic rings. The molecule has 4 rings (SSSR count). The number of aliphatic carboxylic acids is 1. The smallest absolute Gasteiger partial charge is 0.353 e. The molecule has 4 aliphatic heterocycles. The first kappa shape index (κ1) is 24.0. The van der Waals surface area contributed by atoms with Crippen LogP contribution in [0.25, 0.3) is 0 Å². The predicted molar refractivity (Wildman–Crippen MR) is 124 cm³/mol. The molecule has 0 aliphatic carbocycles. The van der Waals surface area contributed by atoms with Gasteiger partial charge in [0.15, 0.2) is 0 Å². The predicted octanol–water partition coefficient (Wildman–Crippen LogP) is -0.00883. The van der Waals surface area contributed by atoms with Crippen molar-refractivity contribution in [2.24, 2.45) is 17.8 Å². The fraction of sp³-hybridized carbons (Fsp3) is 0.727. The Bertz CT molecular complexity index is 879. The molecule has 7 atom stereocenters. The second-order valence-corrected chi connectivity index (χ2v) is 11.1. The molecule has 33 heavy (non-hydrogen) atoms. The Hall–Kier alpha value is -2.11. The number of nitrogens with one attached hydrogen (secondary N) is 2. The maximum absolute atomic E-state index is 13.1. The quantitative estimate of drug-likeness (QED) is 0.217. The molecule has 10 nitrogen and oxygen atoms in total. The van der Waals surface area contributed by atoms with Crippen LogP contribution in [0.4, 0.5) is 0 Å². The number of rotatable bonds is 8. The first-order valence-electron chi connectivity index (χ1n) is 11.5. The zero-order chi connectivity index (χ0) is 24.0. The lowest BCUT2D eigenvalue weighted by Gasteiger charge is -2.46. The van der Waals surface area contributed by atoms with E-state index in [-0.39, 0.29) is 40.8 Å². The number of thioether (sulfide) groups is 1. The Morgan fingerprint density at radius 2 is 2.15 bits per heavy atom. The third-order valence-corrected chi connectivity index (χ3v) is 8.87. The molecule has 4 N–H and O–H groups in total. The van der Waals surface area contributed by atoms with Gasteiger partial charge in [0, 0.05) is 49.3 Å². The molecule has 11 heteroatoms. The number of amides is 2. The van der Waals surface area contributed by atoms with Crippen LogP contribution in [0.5, 0.6) is 0 Å². The number of aliphatic hydroxyl groups is 1. The molecule has 0 bridgehead atoms. The Balaban J connectivity index is 1.38. The summed E-state index contributed by atoms with van der Waals surface area (Å²) in [6.07, 6.45) is 2.01. The van der Waals surface area contributed by atoms with Gasteiger partial charge in [-0.1, -0.05) is 6.92 Å². The summed E-state index contributed by atoms with van der Waals surface area (Å²) in [4.78, 5) is 43.3. The van der Waals surface area contributed by atoms with Gasteiger partial charge in [-0.05, 0) is 25.7 Å². The number of aliphatic hydroxyl groups excluding tert-OH is 1. The first-order chi connectivity index (χ1) is 15.6. The molecular formula is C22H33N5O5S. The molecule has 2 amide bonds. The number of carboxylic acids is 1. The Labute approximate surface area is 197 Å². The number of nitrogens with zero attached hydrogens (tertiary/aromatic N) is 3. The highest BCUT2D eigenvalue weighted by atomic mass is 32.2. The van der Waals surface area contributed by atoms with E-state index in [9.17, 15) is 24.6 Å². The Kier molecular flexibility index (Phi) is 6.75. The van der Waals surface area contributed by atoms with Gasteiger partial charge >= 0.3 is 5.97 Å². The highest BCUT2D eigenvalue weighted by Gasteiger charge is 2.60. The molecule has 4 heterocycles. The summed E-state index contributed by atoms with van der Waals surface area (Å²) in [6, 6.07) is -0.616. The van der Waals surface area contributed by atoms with E-state index in [1.807, 2.05) is 23.8 Å². The van der Waals surface area contributed by atoms with Crippen molar-refractivity contribution in [3.63, 3.8) is 0 Å². The van der Waals surface area contributed by atoms with E-state index in [1.54, 1.807) is 6.92 Å². The highest BCUT2D eigenvalue weighted by molar-refractivity contribution is 8.03. The molecular weight excluding hydrogens is 446 g/mol. The third-order valence-electron chi connectivity index (χ3n) is 7.36. The molecule has 4 unspecified atom stereocenters. The first-order valence-corrected chi connectivity index (χ1v) is 12.4. The summed E-state index contributed by atoms with van der Waals surface area (Å²) >= 11 is 1.46. The minimum absolute atomic E-state index is 0.0341. The fourth-order valence-corrected chi connectivity index (χ4v) is 7.18. The van der Waals surface area contributed by atoms with Crippen LogP contribution in [0.2, 0.25) is 0 Å². The average Bonchev–Trinajstić information content (AvgIpc) is 3.46. The summed E-state index contributed by atoms with van der Waals surface area (Å²) in [5.74, 6) is -1.75. The monoisotopic (exact) mass is 479 g/mol. The summed E-state index contributed by atoms with van der Waals surface area (Å²) in [5, 5.41) is 30.5. The number of fused-ring (bicyclic) bond motifs is 1. The lowest BCUT2D eigenvalue weighted by atomic mass is 9.79. The minimum atomic E-state index is -1.12. The van der Waals surface area contributed by atoms with E-state index >= 15 is 0 Å². The molecule has 4 aliphatic rings. The van der Waals surface area contributed by atoms with Crippen molar-refractivity contribution in [2.75, 3.05) is 33.2 Å². The molecule has 182 valence electrons. The lowest BCUT2D eigenvalue weighted by molar-refractivity contribution is -0.163. The molecule has 0 spiro atoms. The van der Waals surface area contributed by atoms with Crippen LogP contribution in [-0.4, -0.2) is 106 Å². The Morgan fingerprint density at radius 3 is 2.79 bits per heavy atom. The zero-order valence-electron chi connectivity index (χ0n) is 19.2. The fourth-order valence-electron chi connectivity index (χ4n) is 5.70. The van der Waals surface area contributed by atoms with Crippen molar-refractivity contribution in [1.82, 2.24) is 20.0 Å².